The lowest BCUT2D eigenvalue weighted by molar-refractivity contribution is -0.134. The molecule has 1 N–H and O–H groups in total. The van der Waals surface area contributed by atoms with Gasteiger partial charge in [0.15, 0.2) is 0 Å². The molecule has 0 bridgehead atoms. The van der Waals surface area contributed by atoms with Crippen LogP contribution in [0.1, 0.15) is 18.5 Å². The van der Waals surface area contributed by atoms with Crippen molar-refractivity contribution in [3.05, 3.63) is 35.1 Å². The molecule has 5 nitrogen and oxygen atoms in total. The van der Waals surface area contributed by atoms with Crippen LogP contribution in [0.5, 0.6) is 0 Å². The van der Waals surface area contributed by atoms with E-state index in [9.17, 15) is 4.79 Å². The third-order valence-electron chi connectivity index (χ3n) is 3.23. The van der Waals surface area contributed by atoms with Crippen LogP contribution in [0, 0.1) is 5.92 Å². The molecule has 0 atom stereocenters. The van der Waals surface area contributed by atoms with Crippen LogP contribution in [0.25, 0.3) is 5.52 Å². The summed E-state index contributed by atoms with van der Waals surface area (Å²) >= 11 is 5.93. The van der Waals surface area contributed by atoms with Crippen molar-refractivity contribution in [3.63, 3.8) is 0 Å². The highest BCUT2D eigenvalue weighted by Crippen LogP contribution is 2.30. The molecule has 2 heterocycles. The number of hydrazine groups is 1. The largest absolute Gasteiger partial charge is 0.281 e. The smallest absolute Gasteiger partial charge is 0.239 e. The van der Waals surface area contributed by atoms with Crippen molar-refractivity contribution in [2.24, 2.45) is 5.92 Å². The molecule has 2 aromatic rings. The molecule has 19 heavy (non-hydrogen) atoms. The van der Waals surface area contributed by atoms with Crippen LogP contribution in [-0.4, -0.2) is 27.6 Å². The van der Waals surface area contributed by atoms with Crippen LogP contribution in [0.4, 0.5) is 0 Å². The number of hydrogen-bond donors (Lipinski definition) is 1. The lowest BCUT2D eigenvalue weighted by Gasteiger charge is -2.17. The first-order chi connectivity index (χ1) is 9.13. The molecular formula is C13H15ClN4O. The summed E-state index contributed by atoms with van der Waals surface area (Å²) in [6.07, 6.45) is 3.84. The van der Waals surface area contributed by atoms with Gasteiger partial charge in [0.1, 0.15) is 0 Å². The summed E-state index contributed by atoms with van der Waals surface area (Å²) in [6, 6.07) is 5.60. The monoisotopic (exact) mass is 278 g/mol. The van der Waals surface area contributed by atoms with E-state index in [1.807, 2.05) is 18.3 Å². The highest BCUT2D eigenvalue weighted by atomic mass is 35.5. The van der Waals surface area contributed by atoms with Gasteiger partial charge in [0.05, 0.1) is 17.8 Å². The summed E-state index contributed by atoms with van der Waals surface area (Å²) < 4.78 is 1.77. The van der Waals surface area contributed by atoms with Crippen LogP contribution in [0.3, 0.4) is 0 Å². The summed E-state index contributed by atoms with van der Waals surface area (Å²) in [6.45, 7) is 0.522. The van der Waals surface area contributed by atoms with Crippen molar-refractivity contribution in [2.75, 3.05) is 7.05 Å². The second-order valence-corrected chi connectivity index (χ2v) is 5.29. The number of nitrogens with zero attached hydrogens (tertiary/aromatic N) is 3. The molecule has 0 radical (unpaired) electrons. The van der Waals surface area contributed by atoms with E-state index >= 15 is 0 Å². The molecule has 1 fully saturated rings. The van der Waals surface area contributed by atoms with Crippen molar-refractivity contribution < 1.29 is 4.79 Å². The van der Waals surface area contributed by atoms with Crippen molar-refractivity contribution in [2.45, 2.75) is 19.4 Å². The molecule has 2 aromatic heterocycles. The molecule has 1 saturated carbocycles. The fourth-order valence-corrected chi connectivity index (χ4v) is 2.16. The topological polar surface area (TPSA) is 49.6 Å². The minimum atomic E-state index is 0.159. The Morgan fingerprint density at radius 2 is 2.37 bits per heavy atom. The Labute approximate surface area is 116 Å². The molecule has 1 amide bonds. The lowest BCUT2D eigenvalue weighted by Crippen LogP contribution is -2.40. The van der Waals surface area contributed by atoms with Gasteiger partial charge < -0.3 is 0 Å². The third-order valence-corrected chi connectivity index (χ3v) is 3.47. The first-order valence-electron chi connectivity index (χ1n) is 6.28. The Kier molecular flexibility index (Phi) is 3.16. The zero-order valence-corrected chi connectivity index (χ0v) is 11.4. The summed E-state index contributed by atoms with van der Waals surface area (Å²) in [5.74, 6) is 0.379. The van der Waals surface area contributed by atoms with Gasteiger partial charge in [-0.3, -0.25) is 9.80 Å². The highest BCUT2D eigenvalue weighted by molar-refractivity contribution is 6.30. The number of amides is 1. The van der Waals surface area contributed by atoms with Gasteiger partial charge >= 0.3 is 0 Å². The van der Waals surface area contributed by atoms with Gasteiger partial charge in [-0.2, -0.15) is 5.10 Å². The Hall–Kier alpha value is -1.59. The van der Waals surface area contributed by atoms with Gasteiger partial charge in [0, 0.05) is 24.2 Å². The molecular weight excluding hydrogens is 264 g/mol. The molecule has 6 heteroatoms. The summed E-state index contributed by atoms with van der Waals surface area (Å²) in [5, 5.41) is 6.66. The van der Waals surface area contributed by atoms with Gasteiger partial charge in [-0.05, 0) is 31.0 Å². The summed E-state index contributed by atoms with van der Waals surface area (Å²) in [5.41, 5.74) is 4.89. The molecule has 1 aliphatic carbocycles. The average Bonchev–Trinajstić information content (AvgIpc) is 3.16. The Morgan fingerprint density at radius 3 is 3.11 bits per heavy atom. The number of aromatic nitrogens is 2. The Bertz CT molecular complexity index is 620. The van der Waals surface area contributed by atoms with Crippen molar-refractivity contribution in [1.29, 1.82) is 0 Å². The van der Waals surface area contributed by atoms with E-state index in [1.54, 1.807) is 22.6 Å². The molecule has 100 valence electrons. The first-order valence-corrected chi connectivity index (χ1v) is 6.66. The number of halogens is 1. The quantitative estimate of drug-likeness (QED) is 0.869. The molecule has 0 spiro atoms. The number of carbonyl (C=O) groups is 1. The minimum Gasteiger partial charge on any atom is -0.281 e. The standard InChI is InChI=1S/C13H15ClN4O/c1-17(13(19)9-2-3-9)15-8-11-7-12-6-10(14)4-5-18(12)16-11/h4-7,9,15H,2-3,8H2,1H3. The van der Waals surface area contributed by atoms with E-state index in [0.717, 1.165) is 24.1 Å². The molecule has 1 aliphatic rings. The maximum Gasteiger partial charge on any atom is 0.239 e. The average molecular weight is 279 g/mol. The predicted octanol–water partition coefficient (Wildman–Crippen LogP) is 1.86. The zero-order chi connectivity index (χ0) is 13.4. The van der Waals surface area contributed by atoms with Gasteiger partial charge in [-0.25, -0.2) is 9.94 Å². The van der Waals surface area contributed by atoms with Crippen molar-refractivity contribution >= 4 is 23.0 Å². The lowest BCUT2D eigenvalue weighted by atomic mass is 10.3. The maximum absolute atomic E-state index is 11.8. The summed E-state index contributed by atoms with van der Waals surface area (Å²) in [4.78, 5) is 11.8. The van der Waals surface area contributed by atoms with Crippen LogP contribution in [-0.2, 0) is 11.3 Å². The SMILES string of the molecule is CN(NCc1cc2cc(Cl)ccn2n1)C(=O)C1CC1. The predicted molar refractivity (Wildman–Crippen MR) is 72.5 cm³/mol. The number of fused-ring (bicyclic) bond motifs is 1. The van der Waals surface area contributed by atoms with E-state index in [4.69, 9.17) is 11.6 Å². The molecule has 0 aromatic carbocycles. The molecule has 0 saturated heterocycles. The fourth-order valence-electron chi connectivity index (χ4n) is 1.99. The summed E-state index contributed by atoms with van der Waals surface area (Å²) in [7, 11) is 1.76. The molecule has 0 aliphatic heterocycles. The van der Waals surface area contributed by atoms with E-state index < -0.39 is 0 Å². The van der Waals surface area contributed by atoms with Gasteiger partial charge in [-0.15, -0.1) is 0 Å². The molecule has 0 unspecified atom stereocenters. The van der Waals surface area contributed by atoms with E-state index in [0.29, 0.717) is 11.6 Å². The van der Waals surface area contributed by atoms with Crippen LogP contribution >= 0.6 is 11.6 Å². The second-order valence-electron chi connectivity index (χ2n) is 4.86. The number of rotatable bonds is 4. The van der Waals surface area contributed by atoms with Gasteiger partial charge in [0.2, 0.25) is 5.91 Å². The van der Waals surface area contributed by atoms with Crippen LogP contribution in [0.2, 0.25) is 5.02 Å². The zero-order valence-electron chi connectivity index (χ0n) is 10.6. The van der Waals surface area contributed by atoms with Crippen LogP contribution < -0.4 is 5.43 Å². The normalized spacial score (nSPS) is 14.8. The third kappa shape index (κ3) is 2.72. The first kappa shape index (κ1) is 12.4. The second kappa shape index (κ2) is 4.83. The number of pyridine rings is 1. The maximum atomic E-state index is 11.8. The number of hydrogen-bond acceptors (Lipinski definition) is 3. The number of carbonyl (C=O) groups excluding carboxylic acids is 1. The molecule has 3 rings (SSSR count). The Balaban J connectivity index is 1.66. The van der Waals surface area contributed by atoms with Gasteiger partial charge in [-0.1, -0.05) is 11.6 Å². The highest BCUT2D eigenvalue weighted by Gasteiger charge is 2.32. The van der Waals surface area contributed by atoms with Crippen molar-refractivity contribution in [1.82, 2.24) is 20.0 Å². The van der Waals surface area contributed by atoms with E-state index in [1.165, 1.54) is 0 Å². The van der Waals surface area contributed by atoms with E-state index in [-0.39, 0.29) is 11.8 Å². The van der Waals surface area contributed by atoms with Crippen LogP contribution in [0.15, 0.2) is 24.4 Å². The van der Waals surface area contributed by atoms with E-state index in [2.05, 4.69) is 10.5 Å². The number of nitrogens with one attached hydrogen (secondary N) is 1. The fraction of sp³-hybridized carbons (Fsp3) is 0.385. The van der Waals surface area contributed by atoms with Crippen molar-refractivity contribution in [3.8, 4) is 0 Å². The minimum absolute atomic E-state index is 0.159. The van der Waals surface area contributed by atoms with Gasteiger partial charge in [0.25, 0.3) is 0 Å². The Morgan fingerprint density at radius 1 is 1.58 bits per heavy atom.